The molecule has 4 N–H and O–H groups in total. The molecule has 0 bridgehead atoms. The van der Waals surface area contributed by atoms with Gasteiger partial charge in [0.25, 0.3) is 5.91 Å². The van der Waals surface area contributed by atoms with Gasteiger partial charge in [-0.1, -0.05) is 20.3 Å². The Labute approximate surface area is 137 Å². The molecule has 3 unspecified atom stereocenters. The molecule has 134 valence electrons. The number of hydrogen-bond donors (Lipinski definition) is 4. The lowest BCUT2D eigenvalue weighted by Crippen LogP contribution is -2.61. The van der Waals surface area contributed by atoms with Gasteiger partial charge in [-0.05, 0) is 26.2 Å². The third kappa shape index (κ3) is 5.53. The van der Waals surface area contributed by atoms with Crippen molar-refractivity contribution in [3.8, 4) is 0 Å². The van der Waals surface area contributed by atoms with Crippen molar-refractivity contribution in [2.75, 3.05) is 6.54 Å². The van der Waals surface area contributed by atoms with Crippen LogP contribution in [0.4, 0.5) is 0 Å². The second kappa shape index (κ2) is 9.32. The Morgan fingerprint density at radius 2 is 1.78 bits per heavy atom. The number of unbranched alkanes of at least 4 members (excludes halogenated alkanes) is 1. The van der Waals surface area contributed by atoms with Crippen LogP contribution in [0.25, 0.3) is 0 Å². The number of ether oxygens (including phenoxy) is 1. The van der Waals surface area contributed by atoms with E-state index in [-0.39, 0.29) is 11.7 Å². The van der Waals surface area contributed by atoms with Crippen molar-refractivity contribution < 1.29 is 29.6 Å². The van der Waals surface area contributed by atoms with E-state index >= 15 is 0 Å². The lowest BCUT2D eigenvalue weighted by atomic mass is 9.93. The van der Waals surface area contributed by atoms with E-state index in [1.807, 2.05) is 6.92 Å². The number of carbonyl (C=O) groups is 2. The molecule has 6 atom stereocenters. The van der Waals surface area contributed by atoms with Gasteiger partial charge in [-0.2, -0.15) is 0 Å². The van der Waals surface area contributed by atoms with Crippen LogP contribution in [0.5, 0.6) is 0 Å². The molecule has 1 fully saturated rings. The van der Waals surface area contributed by atoms with Crippen LogP contribution >= 0.6 is 0 Å². The van der Waals surface area contributed by atoms with Gasteiger partial charge in [0.2, 0.25) is 0 Å². The summed E-state index contributed by atoms with van der Waals surface area (Å²) < 4.78 is 5.40. The summed E-state index contributed by atoms with van der Waals surface area (Å²) in [4.78, 5) is 23.2. The molecular formula is C16H29NO6. The summed E-state index contributed by atoms with van der Waals surface area (Å²) in [5.41, 5.74) is 0. The molecule has 7 nitrogen and oxygen atoms in total. The van der Waals surface area contributed by atoms with Crippen molar-refractivity contribution >= 4 is 11.7 Å². The standard InChI is InChI=1S/C16H29NO6/c1-4-11-12(19)13(20)14(21)15(23-11)16(22)17-8-6-5-7-9(2)10(3)18/h9,11-15,19-21H,4-8H2,1-3H3,(H,17,22)/t9-,11+,12?,13?,14-,15?/m0/s1. The van der Waals surface area contributed by atoms with Crippen molar-refractivity contribution in [1.82, 2.24) is 5.32 Å². The molecule has 0 radical (unpaired) electrons. The van der Waals surface area contributed by atoms with E-state index in [1.165, 1.54) is 0 Å². The summed E-state index contributed by atoms with van der Waals surface area (Å²) in [7, 11) is 0. The molecule has 1 saturated heterocycles. The van der Waals surface area contributed by atoms with E-state index < -0.39 is 36.4 Å². The number of Topliss-reactive ketones (excluding diaryl/α,β-unsaturated/α-hetero) is 1. The zero-order valence-corrected chi connectivity index (χ0v) is 14.1. The SMILES string of the molecule is CC[C@H]1OC(C(=O)NCCCC[C@H](C)C(C)=O)[C@@H](O)C(O)C1O. The summed E-state index contributed by atoms with van der Waals surface area (Å²) in [5, 5.41) is 32.1. The quantitative estimate of drug-likeness (QED) is 0.456. The maximum absolute atomic E-state index is 12.1. The average Bonchev–Trinajstić information content (AvgIpc) is 2.52. The molecule has 1 aliphatic rings. The van der Waals surface area contributed by atoms with Crippen LogP contribution in [0.2, 0.25) is 0 Å². The third-order valence-electron chi connectivity index (χ3n) is 4.43. The van der Waals surface area contributed by atoms with E-state index in [9.17, 15) is 24.9 Å². The van der Waals surface area contributed by atoms with Gasteiger partial charge in [0.05, 0.1) is 6.10 Å². The lowest BCUT2D eigenvalue weighted by molar-refractivity contribution is -0.220. The maximum atomic E-state index is 12.1. The number of hydrogen-bond acceptors (Lipinski definition) is 6. The first-order valence-corrected chi connectivity index (χ1v) is 8.27. The highest BCUT2D eigenvalue weighted by Crippen LogP contribution is 2.23. The van der Waals surface area contributed by atoms with Gasteiger partial charge in [-0.15, -0.1) is 0 Å². The van der Waals surface area contributed by atoms with E-state index in [0.29, 0.717) is 19.4 Å². The molecule has 23 heavy (non-hydrogen) atoms. The monoisotopic (exact) mass is 331 g/mol. The number of nitrogens with one attached hydrogen (secondary N) is 1. The second-order valence-corrected chi connectivity index (χ2v) is 6.27. The normalized spacial score (nSPS) is 32.3. The fourth-order valence-corrected chi connectivity index (χ4v) is 2.60. The minimum atomic E-state index is -1.45. The zero-order valence-electron chi connectivity index (χ0n) is 14.1. The summed E-state index contributed by atoms with van der Waals surface area (Å²) in [6, 6.07) is 0. The molecular weight excluding hydrogens is 302 g/mol. The minimum absolute atomic E-state index is 0.0242. The topological polar surface area (TPSA) is 116 Å². The van der Waals surface area contributed by atoms with Gasteiger partial charge in [0, 0.05) is 12.5 Å². The second-order valence-electron chi connectivity index (χ2n) is 6.27. The summed E-state index contributed by atoms with van der Waals surface area (Å²) in [6.07, 6.45) is -3.19. The van der Waals surface area contributed by atoms with Gasteiger partial charge in [-0.3, -0.25) is 9.59 Å². The first kappa shape index (κ1) is 20.0. The maximum Gasteiger partial charge on any atom is 0.251 e. The van der Waals surface area contributed by atoms with Gasteiger partial charge in [-0.25, -0.2) is 0 Å². The summed E-state index contributed by atoms with van der Waals surface area (Å²) in [6.45, 7) is 5.62. The molecule has 0 aromatic heterocycles. The van der Waals surface area contributed by atoms with E-state index in [2.05, 4.69) is 5.32 Å². The number of amides is 1. The summed E-state index contributed by atoms with van der Waals surface area (Å²) >= 11 is 0. The molecule has 0 aromatic rings. The molecule has 1 amide bonds. The van der Waals surface area contributed by atoms with E-state index in [0.717, 1.165) is 12.8 Å². The Hall–Kier alpha value is -1.02. The Morgan fingerprint density at radius 3 is 2.35 bits per heavy atom. The Morgan fingerprint density at radius 1 is 1.13 bits per heavy atom. The number of aliphatic hydroxyl groups excluding tert-OH is 3. The van der Waals surface area contributed by atoms with Crippen molar-refractivity contribution in [2.24, 2.45) is 5.92 Å². The smallest absolute Gasteiger partial charge is 0.251 e. The van der Waals surface area contributed by atoms with E-state index in [4.69, 9.17) is 4.74 Å². The van der Waals surface area contributed by atoms with Crippen LogP contribution in [0.15, 0.2) is 0 Å². The Balaban J connectivity index is 2.37. The van der Waals surface area contributed by atoms with Gasteiger partial charge in [0.1, 0.15) is 24.1 Å². The van der Waals surface area contributed by atoms with Crippen molar-refractivity contribution in [3.63, 3.8) is 0 Å². The predicted molar refractivity (Wildman–Crippen MR) is 83.7 cm³/mol. The first-order chi connectivity index (χ1) is 10.8. The number of rotatable bonds is 8. The zero-order chi connectivity index (χ0) is 17.6. The van der Waals surface area contributed by atoms with Gasteiger partial charge < -0.3 is 25.4 Å². The molecule has 1 heterocycles. The van der Waals surface area contributed by atoms with E-state index in [1.54, 1.807) is 13.8 Å². The number of aliphatic hydroxyl groups is 3. The summed E-state index contributed by atoms with van der Waals surface area (Å²) in [5.74, 6) is -0.316. The molecule has 0 spiro atoms. The predicted octanol–water partition coefficient (Wildman–Crippen LogP) is -0.242. The molecule has 1 rings (SSSR count). The van der Waals surface area contributed by atoms with Gasteiger partial charge >= 0.3 is 0 Å². The highest BCUT2D eigenvalue weighted by Gasteiger charge is 2.45. The largest absolute Gasteiger partial charge is 0.388 e. The first-order valence-electron chi connectivity index (χ1n) is 8.27. The van der Waals surface area contributed by atoms with Crippen LogP contribution in [0.1, 0.15) is 46.5 Å². The van der Waals surface area contributed by atoms with Crippen molar-refractivity contribution in [2.45, 2.75) is 77.0 Å². The third-order valence-corrected chi connectivity index (χ3v) is 4.43. The van der Waals surface area contributed by atoms with Crippen LogP contribution < -0.4 is 5.32 Å². The van der Waals surface area contributed by atoms with Crippen molar-refractivity contribution in [3.05, 3.63) is 0 Å². The fourth-order valence-electron chi connectivity index (χ4n) is 2.60. The number of carbonyl (C=O) groups excluding carboxylic acids is 2. The number of ketones is 1. The van der Waals surface area contributed by atoms with Crippen molar-refractivity contribution in [1.29, 1.82) is 0 Å². The van der Waals surface area contributed by atoms with Crippen LogP contribution in [-0.4, -0.2) is 64.1 Å². The molecule has 0 aromatic carbocycles. The lowest BCUT2D eigenvalue weighted by Gasteiger charge is -2.39. The molecule has 1 aliphatic heterocycles. The van der Waals surface area contributed by atoms with Crippen LogP contribution in [0.3, 0.4) is 0 Å². The molecule has 7 heteroatoms. The van der Waals surface area contributed by atoms with Crippen LogP contribution in [0, 0.1) is 5.92 Å². The van der Waals surface area contributed by atoms with Gasteiger partial charge in [0.15, 0.2) is 6.10 Å². The molecule has 0 saturated carbocycles. The average molecular weight is 331 g/mol. The minimum Gasteiger partial charge on any atom is -0.388 e. The Bertz CT molecular complexity index is 400. The van der Waals surface area contributed by atoms with Crippen LogP contribution in [-0.2, 0) is 14.3 Å². The molecule has 0 aliphatic carbocycles. The highest BCUT2D eigenvalue weighted by atomic mass is 16.5. The highest BCUT2D eigenvalue weighted by molar-refractivity contribution is 5.81. The fraction of sp³-hybridized carbons (Fsp3) is 0.875. The Kier molecular flexibility index (Phi) is 8.11.